The fourth-order valence-electron chi connectivity index (χ4n) is 7.80. The van der Waals surface area contributed by atoms with Crippen molar-refractivity contribution >= 4 is 40.3 Å². The molecule has 1 fully saturated rings. The molecule has 1 aliphatic rings. The van der Waals surface area contributed by atoms with Crippen LogP contribution in [0.2, 0.25) is 5.02 Å². The number of nitrogens with zero attached hydrogens (tertiary/aromatic N) is 3. The van der Waals surface area contributed by atoms with Crippen LogP contribution in [0.1, 0.15) is 56.7 Å². The number of hydrogen-bond donors (Lipinski definition) is 2. The summed E-state index contributed by atoms with van der Waals surface area (Å²) in [6.07, 6.45) is 1.89. The zero-order valence-electron chi connectivity index (χ0n) is 32.0. The number of nitrogens with one attached hydrogen (secondary N) is 2. The number of carbonyl (C=O) groups is 2. The van der Waals surface area contributed by atoms with Crippen LogP contribution in [0.5, 0.6) is 0 Å². The van der Waals surface area contributed by atoms with Crippen molar-refractivity contribution in [3.8, 4) is 11.1 Å². The lowest BCUT2D eigenvalue weighted by atomic mass is 9.77. The molecule has 0 bridgehead atoms. The Labute approximate surface area is 332 Å². The summed E-state index contributed by atoms with van der Waals surface area (Å²) in [5.41, 5.74) is 3.01. The highest BCUT2D eigenvalue weighted by molar-refractivity contribution is 6.33. The summed E-state index contributed by atoms with van der Waals surface area (Å²) in [6, 6.07) is 41.0. The molecule has 0 spiro atoms. The molecule has 1 atom stereocenters. The molecular weight excluding hydrogens is 725 g/mol. The van der Waals surface area contributed by atoms with Crippen molar-refractivity contribution in [1.82, 2.24) is 20.0 Å². The van der Waals surface area contributed by atoms with Crippen LogP contribution in [0.15, 0.2) is 127 Å². The predicted octanol–water partition coefficient (Wildman–Crippen LogP) is 9.90. The van der Waals surface area contributed by atoms with Crippen molar-refractivity contribution in [1.29, 1.82) is 0 Å². The van der Waals surface area contributed by atoms with Crippen LogP contribution in [0.3, 0.4) is 0 Å². The van der Waals surface area contributed by atoms with Gasteiger partial charge in [-0.25, -0.2) is 13.9 Å². The first kappa shape index (κ1) is 38.8. The first-order valence-corrected chi connectivity index (χ1v) is 19.6. The number of benzene rings is 5. The van der Waals surface area contributed by atoms with Gasteiger partial charge in [-0.15, -0.1) is 0 Å². The Morgan fingerprint density at radius 1 is 0.857 bits per heavy atom. The Bertz CT molecular complexity index is 2180. The molecule has 2 amide bonds. The quantitative estimate of drug-likeness (QED) is 0.101. The van der Waals surface area contributed by atoms with Crippen molar-refractivity contribution in [2.75, 3.05) is 31.5 Å². The molecule has 6 aromatic rings. The fraction of sp³-hybridized carbons (Fsp3) is 0.283. The van der Waals surface area contributed by atoms with Gasteiger partial charge in [0.1, 0.15) is 17.0 Å². The maximum Gasteiger partial charge on any atom is 0.407 e. The normalized spacial score (nSPS) is 15.1. The minimum Gasteiger partial charge on any atom is -0.444 e. The van der Waals surface area contributed by atoms with E-state index in [9.17, 15) is 9.59 Å². The van der Waals surface area contributed by atoms with Gasteiger partial charge >= 0.3 is 6.09 Å². The van der Waals surface area contributed by atoms with E-state index in [0.29, 0.717) is 29.9 Å². The monoisotopic (exact) mass is 771 g/mol. The smallest absolute Gasteiger partial charge is 0.407 e. The first-order valence-electron chi connectivity index (χ1n) is 19.2. The van der Waals surface area contributed by atoms with E-state index >= 15 is 4.39 Å². The Kier molecular flexibility index (Phi) is 11.6. The van der Waals surface area contributed by atoms with Gasteiger partial charge in [0.05, 0.1) is 16.5 Å². The number of hydrogen-bond acceptors (Lipinski definition) is 5. The van der Waals surface area contributed by atoms with Gasteiger partial charge in [0.15, 0.2) is 5.82 Å². The molecule has 2 heterocycles. The largest absolute Gasteiger partial charge is 0.444 e. The summed E-state index contributed by atoms with van der Waals surface area (Å²) >= 11 is 6.60. The third-order valence-corrected chi connectivity index (χ3v) is 10.6. The van der Waals surface area contributed by atoms with Crippen LogP contribution in [0, 0.1) is 11.7 Å². The summed E-state index contributed by atoms with van der Waals surface area (Å²) in [5, 5.41) is 12.3. The molecule has 8 nitrogen and oxygen atoms in total. The first-order chi connectivity index (χ1) is 27.0. The van der Waals surface area contributed by atoms with Crippen LogP contribution >= 0.6 is 11.6 Å². The zero-order valence-corrected chi connectivity index (χ0v) is 32.7. The zero-order chi connectivity index (χ0) is 39.3. The predicted molar refractivity (Wildman–Crippen MR) is 221 cm³/mol. The number of anilines is 1. The van der Waals surface area contributed by atoms with E-state index in [1.165, 1.54) is 6.07 Å². The molecule has 5 aromatic carbocycles. The Balaban J connectivity index is 1.28. The highest BCUT2D eigenvalue weighted by Gasteiger charge is 2.41. The second-order valence-corrected chi connectivity index (χ2v) is 15.7. The van der Waals surface area contributed by atoms with Crippen LogP contribution in [0.25, 0.3) is 22.0 Å². The lowest BCUT2D eigenvalue weighted by Gasteiger charge is -2.37. The van der Waals surface area contributed by atoms with E-state index in [2.05, 4.69) is 51.9 Å². The summed E-state index contributed by atoms with van der Waals surface area (Å²) in [7, 11) is 0. The van der Waals surface area contributed by atoms with Crippen LogP contribution in [-0.2, 0) is 15.1 Å². The number of halogens is 2. The highest BCUT2D eigenvalue weighted by Crippen LogP contribution is 2.44. The standard InChI is InChI=1S/C46H47ClFN5O3/c1-45(2,3)56-44(55)49-27-15-29-52-28-14-16-33(31-52)43(54)50-42-37-30-32(41-38(47)23-13-24-39(41)48)25-26-40(37)53(51-42)46(34-17-7-4-8-18-34,35-19-9-5-10-20-35)36-21-11-6-12-22-36/h4-13,17-26,30,33H,14-16,27-29,31H2,1-3H3,(H,49,55)(H,50,51,54). The fourth-order valence-corrected chi connectivity index (χ4v) is 8.07. The molecule has 1 saturated heterocycles. The minimum atomic E-state index is -0.961. The Morgan fingerprint density at radius 2 is 1.48 bits per heavy atom. The molecule has 288 valence electrons. The SMILES string of the molecule is CC(C)(C)OC(=O)NCCCN1CCCC(C(=O)Nc2nn(C(c3ccccc3)(c3ccccc3)c3ccccc3)c3ccc(-c4c(F)cccc4Cl)cc23)C1. The number of aromatic nitrogens is 2. The summed E-state index contributed by atoms with van der Waals surface area (Å²) in [5.74, 6) is -0.475. The molecule has 1 aromatic heterocycles. The number of rotatable bonds is 11. The van der Waals surface area contributed by atoms with Gasteiger partial charge in [0.25, 0.3) is 0 Å². The van der Waals surface area contributed by atoms with E-state index in [4.69, 9.17) is 21.4 Å². The molecule has 10 heteroatoms. The highest BCUT2D eigenvalue weighted by atomic mass is 35.5. The molecule has 1 aliphatic heterocycles. The Morgan fingerprint density at radius 3 is 2.07 bits per heavy atom. The van der Waals surface area contributed by atoms with Gasteiger partial charge in [-0.05, 0) is 99.6 Å². The summed E-state index contributed by atoms with van der Waals surface area (Å²) in [4.78, 5) is 28.7. The number of piperidine rings is 1. The van der Waals surface area contributed by atoms with Gasteiger partial charge in [-0.3, -0.25) is 4.79 Å². The molecule has 56 heavy (non-hydrogen) atoms. The van der Waals surface area contributed by atoms with Crippen LogP contribution in [-0.4, -0.2) is 58.5 Å². The van der Waals surface area contributed by atoms with Crippen molar-refractivity contribution < 1.29 is 18.7 Å². The number of alkyl carbamates (subject to hydrolysis) is 1. The number of amides is 2. The average Bonchev–Trinajstić information content (AvgIpc) is 3.54. The van der Waals surface area contributed by atoms with Crippen molar-refractivity contribution in [3.63, 3.8) is 0 Å². The second-order valence-electron chi connectivity index (χ2n) is 15.3. The summed E-state index contributed by atoms with van der Waals surface area (Å²) in [6.45, 7) is 8.17. The average molecular weight is 772 g/mol. The lowest BCUT2D eigenvalue weighted by molar-refractivity contribution is -0.121. The lowest BCUT2D eigenvalue weighted by Crippen LogP contribution is -2.42. The van der Waals surface area contributed by atoms with Crippen molar-refractivity contribution in [2.24, 2.45) is 5.92 Å². The van der Waals surface area contributed by atoms with Gasteiger partial charge in [-0.1, -0.05) is 115 Å². The third-order valence-electron chi connectivity index (χ3n) is 10.3. The molecule has 0 aliphatic carbocycles. The number of fused-ring (bicyclic) bond motifs is 1. The van der Waals surface area contributed by atoms with E-state index in [0.717, 1.165) is 54.6 Å². The summed E-state index contributed by atoms with van der Waals surface area (Å²) < 4.78 is 22.7. The van der Waals surface area contributed by atoms with Gasteiger partial charge in [-0.2, -0.15) is 5.10 Å². The van der Waals surface area contributed by atoms with E-state index in [1.54, 1.807) is 12.1 Å². The molecule has 1 unspecified atom stereocenters. The molecule has 0 radical (unpaired) electrons. The third kappa shape index (κ3) is 8.20. The molecule has 2 N–H and O–H groups in total. The van der Waals surface area contributed by atoms with Crippen molar-refractivity contribution in [2.45, 2.75) is 51.2 Å². The molecule has 0 saturated carbocycles. The molecule has 7 rings (SSSR count). The number of ether oxygens (including phenoxy) is 1. The maximum absolute atomic E-state index is 15.4. The van der Waals surface area contributed by atoms with E-state index in [1.807, 2.05) is 98.2 Å². The number of likely N-dealkylation sites (tertiary alicyclic amines) is 1. The van der Waals surface area contributed by atoms with E-state index in [-0.39, 0.29) is 22.4 Å². The van der Waals surface area contributed by atoms with Gasteiger partial charge < -0.3 is 20.3 Å². The second kappa shape index (κ2) is 16.7. The van der Waals surface area contributed by atoms with Crippen LogP contribution < -0.4 is 10.6 Å². The number of carbonyl (C=O) groups excluding carboxylic acids is 2. The minimum absolute atomic E-state index is 0.132. The van der Waals surface area contributed by atoms with Gasteiger partial charge in [0, 0.05) is 24.0 Å². The Hall–Kier alpha value is -5.51. The maximum atomic E-state index is 15.4. The van der Waals surface area contributed by atoms with Gasteiger partial charge in [0.2, 0.25) is 5.91 Å². The topological polar surface area (TPSA) is 88.5 Å². The van der Waals surface area contributed by atoms with E-state index < -0.39 is 23.1 Å². The molecular formula is C46H47ClFN5O3. The van der Waals surface area contributed by atoms with Crippen molar-refractivity contribution in [3.05, 3.63) is 155 Å². The van der Waals surface area contributed by atoms with Crippen LogP contribution in [0.4, 0.5) is 15.0 Å².